The summed E-state index contributed by atoms with van der Waals surface area (Å²) in [5.41, 5.74) is 0. The fourth-order valence-electron chi connectivity index (χ4n) is 2.27. The van der Waals surface area contributed by atoms with Crippen molar-refractivity contribution in [2.24, 2.45) is 5.92 Å². The summed E-state index contributed by atoms with van der Waals surface area (Å²) in [6, 6.07) is 0. The molecule has 1 aromatic heterocycles. The standard InChI is InChI=1S/C11H18N4/c1-2-9(6-12-5-1)7-15-8-13-11(14-15)10-3-4-10/h8-10,12H,1-7H2. The van der Waals surface area contributed by atoms with Crippen molar-refractivity contribution in [2.75, 3.05) is 13.1 Å². The first-order chi connectivity index (χ1) is 7.42. The maximum absolute atomic E-state index is 4.54. The van der Waals surface area contributed by atoms with Crippen molar-refractivity contribution in [2.45, 2.75) is 38.1 Å². The summed E-state index contributed by atoms with van der Waals surface area (Å²) in [4.78, 5) is 4.38. The highest BCUT2D eigenvalue weighted by Gasteiger charge is 2.27. The van der Waals surface area contributed by atoms with Gasteiger partial charge in [-0.3, -0.25) is 4.68 Å². The SMILES string of the molecule is c1nc(C2CC2)nn1CC1CCCNC1. The molecule has 2 fully saturated rings. The van der Waals surface area contributed by atoms with E-state index in [9.17, 15) is 0 Å². The van der Waals surface area contributed by atoms with Gasteiger partial charge in [0.05, 0.1) is 0 Å². The summed E-state index contributed by atoms with van der Waals surface area (Å²) < 4.78 is 2.03. The topological polar surface area (TPSA) is 42.7 Å². The molecule has 2 aliphatic rings. The molecule has 1 aliphatic carbocycles. The maximum Gasteiger partial charge on any atom is 0.153 e. The van der Waals surface area contributed by atoms with E-state index in [0.29, 0.717) is 5.92 Å². The van der Waals surface area contributed by atoms with Crippen LogP contribution in [0.3, 0.4) is 0 Å². The molecule has 1 unspecified atom stereocenters. The molecule has 15 heavy (non-hydrogen) atoms. The minimum absolute atomic E-state index is 0.677. The minimum Gasteiger partial charge on any atom is -0.316 e. The van der Waals surface area contributed by atoms with Gasteiger partial charge in [-0.15, -0.1) is 0 Å². The van der Waals surface area contributed by atoms with Crippen molar-refractivity contribution in [1.82, 2.24) is 20.1 Å². The van der Waals surface area contributed by atoms with E-state index in [4.69, 9.17) is 0 Å². The molecule has 1 aliphatic heterocycles. The van der Waals surface area contributed by atoms with Crippen LogP contribution in [0.1, 0.15) is 37.4 Å². The lowest BCUT2D eigenvalue weighted by atomic mass is 10.00. The number of rotatable bonds is 3. The zero-order valence-corrected chi connectivity index (χ0v) is 9.02. The van der Waals surface area contributed by atoms with Crippen LogP contribution in [-0.4, -0.2) is 27.9 Å². The molecule has 1 aromatic rings. The summed E-state index contributed by atoms with van der Waals surface area (Å²) in [5, 5.41) is 7.98. The average Bonchev–Trinajstić information content (AvgIpc) is 3.02. The number of piperidine rings is 1. The molecule has 1 atom stereocenters. The van der Waals surface area contributed by atoms with Gasteiger partial charge in [-0.05, 0) is 44.7 Å². The van der Waals surface area contributed by atoms with E-state index >= 15 is 0 Å². The Morgan fingerprint density at radius 1 is 1.40 bits per heavy atom. The molecule has 1 N–H and O–H groups in total. The Balaban J connectivity index is 1.60. The van der Waals surface area contributed by atoms with Crippen LogP contribution in [-0.2, 0) is 6.54 Å². The zero-order valence-electron chi connectivity index (χ0n) is 9.02. The fourth-order valence-corrected chi connectivity index (χ4v) is 2.27. The lowest BCUT2D eigenvalue weighted by molar-refractivity contribution is 0.324. The normalized spacial score (nSPS) is 26.8. The molecule has 4 nitrogen and oxygen atoms in total. The van der Waals surface area contributed by atoms with Crippen LogP contribution in [0.15, 0.2) is 6.33 Å². The molecule has 3 rings (SSSR count). The van der Waals surface area contributed by atoms with Gasteiger partial charge in [0.15, 0.2) is 5.82 Å². The highest BCUT2D eigenvalue weighted by molar-refractivity contribution is 5.02. The lowest BCUT2D eigenvalue weighted by Crippen LogP contribution is -2.32. The van der Waals surface area contributed by atoms with Crippen molar-refractivity contribution in [3.8, 4) is 0 Å². The van der Waals surface area contributed by atoms with Crippen LogP contribution in [0, 0.1) is 5.92 Å². The summed E-state index contributed by atoms with van der Waals surface area (Å²) in [6.45, 7) is 3.35. The molecule has 2 heterocycles. The Hall–Kier alpha value is -0.900. The molecular formula is C11H18N4. The van der Waals surface area contributed by atoms with Crippen molar-refractivity contribution in [1.29, 1.82) is 0 Å². The molecule has 82 valence electrons. The molecule has 0 radical (unpaired) electrons. The molecule has 0 amide bonds. The van der Waals surface area contributed by atoms with Crippen LogP contribution in [0.25, 0.3) is 0 Å². The van der Waals surface area contributed by atoms with E-state index in [1.165, 1.54) is 32.2 Å². The summed E-state index contributed by atoms with van der Waals surface area (Å²) >= 11 is 0. The second-order valence-corrected chi connectivity index (χ2v) is 4.81. The predicted octanol–water partition coefficient (Wildman–Crippen LogP) is 1.16. The van der Waals surface area contributed by atoms with E-state index in [2.05, 4.69) is 15.4 Å². The van der Waals surface area contributed by atoms with Gasteiger partial charge in [0.25, 0.3) is 0 Å². The number of hydrogen-bond acceptors (Lipinski definition) is 3. The van der Waals surface area contributed by atoms with Crippen molar-refractivity contribution < 1.29 is 0 Å². The zero-order chi connectivity index (χ0) is 10.1. The molecular weight excluding hydrogens is 188 g/mol. The van der Waals surface area contributed by atoms with E-state index in [-0.39, 0.29) is 0 Å². The highest BCUT2D eigenvalue weighted by Crippen LogP contribution is 2.37. The Morgan fingerprint density at radius 2 is 2.33 bits per heavy atom. The molecule has 0 spiro atoms. The highest BCUT2D eigenvalue weighted by atomic mass is 15.3. The third-order valence-corrected chi connectivity index (χ3v) is 3.34. The molecule has 4 heteroatoms. The van der Waals surface area contributed by atoms with Gasteiger partial charge in [-0.1, -0.05) is 0 Å². The maximum atomic E-state index is 4.54. The van der Waals surface area contributed by atoms with Crippen molar-refractivity contribution in [3.05, 3.63) is 12.2 Å². The van der Waals surface area contributed by atoms with Gasteiger partial charge in [0.2, 0.25) is 0 Å². The monoisotopic (exact) mass is 206 g/mol. The van der Waals surface area contributed by atoms with Gasteiger partial charge in [0.1, 0.15) is 6.33 Å². The van der Waals surface area contributed by atoms with Gasteiger partial charge in [0, 0.05) is 12.5 Å². The van der Waals surface area contributed by atoms with E-state index in [1.54, 1.807) is 0 Å². The Morgan fingerprint density at radius 3 is 3.07 bits per heavy atom. The van der Waals surface area contributed by atoms with Crippen molar-refractivity contribution in [3.63, 3.8) is 0 Å². The molecule has 1 saturated heterocycles. The number of nitrogens with one attached hydrogen (secondary N) is 1. The van der Waals surface area contributed by atoms with Gasteiger partial charge >= 0.3 is 0 Å². The Kier molecular flexibility index (Phi) is 2.44. The second kappa shape index (κ2) is 3.93. The smallest absolute Gasteiger partial charge is 0.153 e. The number of hydrogen-bond donors (Lipinski definition) is 1. The minimum atomic E-state index is 0.677. The Bertz CT molecular complexity index is 323. The van der Waals surface area contributed by atoms with Gasteiger partial charge in [-0.2, -0.15) is 5.10 Å². The largest absolute Gasteiger partial charge is 0.316 e. The first kappa shape index (κ1) is 9.33. The van der Waals surface area contributed by atoms with E-state index in [0.717, 1.165) is 24.8 Å². The van der Waals surface area contributed by atoms with Gasteiger partial charge in [-0.25, -0.2) is 4.98 Å². The van der Waals surface area contributed by atoms with Crippen LogP contribution >= 0.6 is 0 Å². The molecule has 0 bridgehead atoms. The summed E-state index contributed by atoms with van der Waals surface area (Å²) in [6.07, 6.45) is 7.10. The van der Waals surface area contributed by atoms with E-state index in [1.807, 2.05) is 11.0 Å². The van der Waals surface area contributed by atoms with E-state index < -0.39 is 0 Å². The van der Waals surface area contributed by atoms with Gasteiger partial charge < -0.3 is 5.32 Å². The molecule has 0 aromatic carbocycles. The third-order valence-electron chi connectivity index (χ3n) is 3.34. The third kappa shape index (κ3) is 2.20. The average molecular weight is 206 g/mol. The van der Waals surface area contributed by atoms with Crippen LogP contribution in [0.5, 0.6) is 0 Å². The Labute approximate surface area is 90.1 Å². The lowest BCUT2D eigenvalue weighted by Gasteiger charge is -2.22. The number of nitrogens with zero attached hydrogens (tertiary/aromatic N) is 3. The summed E-state index contributed by atoms with van der Waals surface area (Å²) in [7, 11) is 0. The predicted molar refractivity (Wildman–Crippen MR) is 57.6 cm³/mol. The summed E-state index contributed by atoms with van der Waals surface area (Å²) in [5.74, 6) is 2.49. The number of aromatic nitrogens is 3. The van der Waals surface area contributed by atoms with Crippen LogP contribution in [0.4, 0.5) is 0 Å². The quantitative estimate of drug-likeness (QED) is 0.807. The fraction of sp³-hybridized carbons (Fsp3) is 0.818. The second-order valence-electron chi connectivity index (χ2n) is 4.81. The molecule has 1 saturated carbocycles. The van der Waals surface area contributed by atoms with Crippen LogP contribution in [0.2, 0.25) is 0 Å². The first-order valence-corrected chi connectivity index (χ1v) is 6.02. The first-order valence-electron chi connectivity index (χ1n) is 6.02. The van der Waals surface area contributed by atoms with Crippen LogP contribution < -0.4 is 5.32 Å². The van der Waals surface area contributed by atoms with Crippen molar-refractivity contribution >= 4 is 0 Å².